The summed E-state index contributed by atoms with van der Waals surface area (Å²) >= 11 is 0. The zero-order valence-corrected chi connectivity index (χ0v) is 17.8. The third kappa shape index (κ3) is 3.90. The van der Waals surface area contributed by atoms with E-state index < -0.39 is 11.7 Å². The van der Waals surface area contributed by atoms with E-state index in [9.17, 15) is 22.8 Å². The largest absolute Gasteiger partial charge is 0.341 e. The smallest absolute Gasteiger partial charge is 0.325 e. The number of hydrogen-bond acceptors (Lipinski definition) is 3. The van der Waals surface area contributed by atoms with Crippen LogP contribution < -0.4 is 4.90 Å². The molecule has 0 bridgehead atoms. The summed E-state index contributed by atoms with van der Waals surface area (Å²) < 4.78 is 42.5. The van der Waals surface area contributed by atoms with E-state index in [2.05, 4.69) is 5.10 Å². The first-order valence-corrected chi connectivity index (χ1v) is 10.8. The Morgan fingerprint density at radius 3 is 2.45 bits per heavy atom. The molecular weight excluding hydrogens is 435 g/mol. The molecule has 0 aliphatic carbocycles. The van der Waals surface area contributed by atoms with Crippen molar-refractivity contribution in [1.82, 2.24) is 19.6 Å². The Morgan fingerprint density at radius 2 is 1.70 bits per heavy atom. The minimum Gasteiger partial charge on any atom is -0.341 e. The molecule has 0 radical (unpaired) electrons. The number of urea groups is 1. The number of para-hydroxylation sites is 1. The molecule has 0 atom stereocenters. The second-order valence-electron chi connectivity index (χ2n) is 8.31. The number of likely N-dealkylation sites (tertiary alicyclic amines) is 1. The van der Waals surface area contributed by atoms with Crippen molar-refractivity contribution in [3.63, 3.8) is 0 Å². The highest BCUT2D eigenvalue weighted by Crippen LogP contribution is 2.31. The third-order valence-electron chi connectivity index (χ3n) is 6.23. The van der Waals surface area contributed by atoms with Gasteiger partial charge in [-0.25, -0.2) is 22.6 Å². The van der Waals surface area contributed by atoms with Crippen LogP contribution >= 0.6 is 0 Å². The summed E-state index contributed by atoms with van der Waals surface area (Å²) in [5.74, 6) is -3.47. The molecule has 0 N–H and O–H groups in total. The Bertz CT molecular complexity index is 1220. The molecular formula is C23H22F3N5O2. The van der Waals surface area contributed by atoms with Crippen molar-refractivity contribution in [2.75, 3.05) is 37.6 Å². The fourth-order valence-corrected chi connectivity index (χ4v) is 4.39. The molecule has 3 aromatic rings. The first kappa shape index (κ1) is 21.3. The standard InChI is InChI=1S/C23H22F3N5O2/c24-17-4-1-2-5-20(17)31-19-7-3-6-18(16(19)14-27-31)30-13-12-29(22(30)33)15-21(32)28-10-8-23(25,26)9-11-28/h1-7,14H,8-13,15H2. The molecule has 7 nitrogen and oxygen atoms in total. The predicted molar refractivity (Wildman–Crippen MR) is 116 cm³/mol. The normalized spacial score (nSPS) is 18.4. The summed E-state index contributed by atoms with van der Waals surface area (Å²) in [6.45, 7) is 0.546. The molecule has 2 aromatic carbocycles. The first-order chi connectivity index (χ1) is 15.8. The van der Waals surface area contributed by atoms with Gasteiger partial charge in [0.05, 0.1) is 17.4 Å². The van der Waals surface area contributed by atoms with Crippen LogP contribution in [0.15, 0.2) is 48.7 Å². The number of alkyl halides is 2. The number of carbonyl (C=O) groups excluding carboxylic acids is 2. The number of nitrogens with zero attached hydrogens (tertiary/aromatic N) is 5. The molecule has 0 unspecified atom stereocenters. The van der Waals surface area contributed by atoms with Gasteiger partial charge in [-0.15, -0.1) is 0 Å². The van der Waals surface area contributed by atoms with E-state index in [4.69, 9.17) is 0 Å². The lowest BCUT2D eigenvalue weighted by Crippen LogP contribution is -2.47. The Balaban J connectivity index is 1.35. The zero-order chi connectivity index (χ0) is 23.2. The predicted octanol–water partition coefficient (Wildman–Crippen LogP) is 3.66. The van der Waals surface area contributed by atoms with Crippen molar-refractivity contribution < 1.29 is 22.8 Å². The number of anilines is 1. The van der Waals surface area contributed by atoms with Gasteiger partial charge in [0, 0.05) is 44.4 Å². The lowest BCUT2D eigenvalue weighted by atomic mass is 10.1. The summed E-state index contributed by atoms with van der Waals surface area (Å²) in [5.41, 5.74) is 1.57. The quantitative estimate of drug-likeness (QED) is 0.601. The number of piperidine rings is 1. The number of fused-ring (bicyclic) bond motifs is 1. The van der Waals surface area contributed by atoms with Gasteiger partial charge in [0.15, 0.2) is 0 Å². The van der Waals surface area contributed by atoms with E-state index >= 15 is 0 Å². The summed E-state index contributed by atoms with van der Waals surface area (Å²) in [4.78, 5) is 30.0. The number of rotatable bonds is 4. The van der Waals surface area contributed by atoms with Crippen molar-refractivity contribution in [2.24, 2.45) is 0 Å². The van der Waals surface area contributed by atoms with Crippen molar-refractivity contribution in [1.29, 1.82) is 0 Å². The molecule has 3 amide bonds. The molecule has 0 saturated carbocycles. The Morgan fingerprint density at radius 1 is 0.970 bits per heavy atom. The summed E-state index contributed by atoms with van der Waals surface area (Å²) in [5, 5.41) is 5.01. The van der Waals surface area contributed by atoms with Gasteiger partial charge in [-0.1, -0.05) is 18.2 Å². The first-order valence-electron chi connectivity index (χ1n) is 10.8. The second kappa shape index (κ2) is 8.09. The van der Waals surface area contributed by atoms with Crippen LogP contribution in [0.25, 0.3) is 16.6 Å². The van der Waals surface area contributed by atoms with Crippen LogP contribution in [-0.2, 0) is 4.79 Å². The van der Waals surface area contributed by atoms with Gasteiger partial charge < -0.3 is 9.80 Å². The highest BCUT2D eigenvalue weighted by molar-refractivity contribution is 6.04. The van der Waals surface area contributed by atoms with Crippen LogP contribution in [0.1, 0.15) is 12.8 Å². The van der Waals surface area contributed by atoms with Crippen LogP contribution in [-0.4, -0.2) is 70.2 Å². The molecule has 33 heavy (non-hydrogen) atoms. The molecule has 3 heterocycles. The topological polar surface area (TPSA) is 61.7 Å². The summed E-state index contributed by atoms with van der Waals surface area (Å²) in [7, 11) is 0. The summed E-state index contributed by atoms with van der Waals surface area (Å²) in [6.07, 6.45) is 0.881. The fraction of sp³-hybridized carbons (Fsp3) is 0.348. The summed E-state index contributed by atoms with van der Waals surface area (Å²) in [6, 6.07) is 11.3. The molecule has 1 aromatic heterocycles. The van der Waals surface area contributed by atoms with Gasteiger partial charge in [0.25, 0.3) is 5.92 Å². The Hall–Kier alpha value is -3.56. The number of halogens is 3. The van der Waals surface area contributed by atoms with E-state index in [0.717, 1.165) is 0 Å². The number of hydrogen-bond donors (Lipinski definition) is 0. The third-order valence-corrected chi connectivity index (χ3v) is 6.23. The average molecular weight is 457 g/mol. The number of carbonyl (C=O) groups is 2. The van der Waals surface area contributed by atoms with E-state index in [1.165, 1.54) is 20.5 Å². The molecule has 2 saturated heterocycles. The highest BCUT2D eigenvalue weighted by Gasteiger charge is 2.37. The van der Waals surface area contributed by atoms with E-state index in [0.29, 0.717) is 35.4 Å². The van der Waals surface area contributed by atoms with Gasteiger partial charge >= 0.3 is 6.03 Å². The molecule has 2 aliphatic heterocycles. The maximum Gasteiger partial charge on any atom is 0.325 e. The van der Waals surface area contributed by atoms with Crippen molar-refractivity contribution in [3.8, 4) is 5.69 Å². The fourth-order valence-electron chi connectivity index (χ4n) is 4.39. The number of aromatic nitrogens is 2. The van der Waals surface area contributed by atoms with Crippen molar-refractivity contribution in [2.45, 2.75) is 18.8 Å². The van der Waals surface area contributed by atoms with Crippen LogP contribution in [0.5, 0.6) is 0 Å². The minimum absolute atomic E-state index is 0.00782. The number of benzene rings is 2. The number of amides is 3. The molecule has 2 fully saturated rings. The maximum atomic E-state index is 14.3. The van der Waals surface area contributed by atoms with Gasteiger partial charge in [-0.05, 0) is 24.3 Å². The van der Waals surface area contributed by atoms with Crippen LogP contribution in [0.3, 0.4) is 0 Å². The maximum absolute atomic E-state index is 14.3. The van der Waals surface area contributed by atoms with E-state index in [-0.39, 0.29) is 44.4 Å². The van der Waals surface area contributed by atoms with Crippen molar-refractivity contribution >= 4 is 28.5 Å². The van der Waals surface area contributed by atoms with Gasteiger partial charge in [-0.3, -0.25) is 9.69 Å². The molecule has 172 valence electrons. The van der Waals surface area contributed by atoms with Crippen LogP contribution in [0, 0.1) is 5.82 Å². The van der Waals surface area contributed by atoms with E-state index in [1.807, 2.05) is 0 Å². The van der Waals surface area contributed by atoms with Gasteiger partial charge in [0.1, 0.15) is 18.0 Å². The second-order valence-corrected chi connectivity index (χ2v) is 8.31. The molecule has 5 rings (SSSR count). The van der Waals surface area contributed by atoms with Gasteiger partial charge in [0.2, 0.25) is 5.91 Å². The molecule has 0 spiro atoms. The van der Waals surface area contributed by atoms with E-state index in [1.54, 1.807) is 47.5 Å². The average Bonchev–Trinajstić information content (AvgIpc) is 3.38. The lowest BCUT2D eigenvalue weighted by Gasteiger charge is -2.32. The zero-order valence-electron chi connectivity index (χ0n) is 17.8. The van der Waals surface area contributed by atoms with Crippen LogP contribution in [0.4, 0.5) is 23.7 Å². The monoisotopic (exact) mass is 457 g/mol. The van der Waals surface area contributed by atoms with Crippen LogP contribution in [0.2, 0.25) is 0 Å². The lowest BCUT2D eigenvalue weighted by molar-refractivity contribution is -0.137. The van der Waals surface area contributed by atoms with Gasteiger partial charge in [-0.2, -0.15) is 5.10 Å². The molecule has 10 heteroatoms. The minimum atomic E-state index is -2.73. The Kier molecular flexibility index (Phi) is 5.22. The SMILES string of the molecule is O=C(CN1CCN(c2cccc3c2cnn3-c2ccccc2F)C1=O)N1CCC(F)(F)CC1. The van der Waals surface area contributed by atoms with Crippen molar-refractivity contribution in [3.05, 3.63) is 54.5 Å². The molecule has 2 aliphatic rings. The highest BCUT2D eigenvalue weighted by atomic mass is 19.3. The Labute approximate surface area is 188 Å².